The third kappa shape index (κ3) is 2.21. The molecule has 0 saturated carbocycles. The molecule has 0 radical (unpaired) electrons. The van der Waals surface area contributed by atoms with Gasteiger partial charge in [-0.25, -0.2) is 4.21 Å². The van der Waals surface area contributed by atoms with Gasteiger partial charge in [-0.15, -0.1) is 0 Å². The summed E-state index contributed by atoms with van der Waals surface area (Å²) in [5.41, 5.74) is 0.682. The van der Waals surface area contributed by atoms with Crippen LogP contribution in [-0.4, -0.2) is 15.9 Å². The van der Waals surface area contributed by atoms with Crippen molar-refractivity contribution in [3.05, 3.63) is 22.7 Å². The first kappa shape index (κ1) is 10.5. The third-order valence-electron chi connectivity index (χ3n) is 1.64. The van der Waals surface area contributed by atoms with Gasteiger partial charge in [0, 0.05) is 0 Å². The van der Waals surface area contributed by atoms with Crippen LogP contribution >= 0.6 is 11.6 Å². The van der Waals surface area contributed by atoms with Crippen molar-refractivity contribution < 1.29 is 13.5 Å². The highest BCUT2D eigenvalue weighted by Gasteiger charge is 2.09. The van der Waals surface area contributed by atoms with Crippen molar-refractivity contribution in [1.29, 1.82) is 0 Å². The van der Waals surface area contributed by atoms with E-state index in [-0.39, 0.29) is 0 Å². The number of benzene rings is 1. The zero-order chi connectivity index (χ0) is 10.0. The van der Waals surface area contributed by atoms with Gasteiger partial charge in [0.15, 0.2) is 11.1 Å². The summed E-state index contributed by atoms with van der Waals surface area (Å²) in [5.74, 6) is 0.508. The van der Waals surface area contributed by atoms with Crippen LogP contribution in [0.2, 0.25) is 5.02 Å². The number of halogens is 1. The molecule has 0 spiro atoms. The minimum absolute atomic E-state index is 0.311. The van der Waals surface area contributed by atoms with Crippen molar-refractivity contribution in [2.75, 3.05) is 7.11 Å². The van der Waals surface area contributed by atoms with Gasteiger partial charge >= 0.3 is 0 Å². The summed E-state index contributed by atoms with van der Waals surface area (Å²) in [5, 5.41) is 0.338. The van der Waals surface area contributed by atoms with E-state index >= 15 is 0 Å². The molecule has 0 bridgehead atoms. The molecule has 1 aromatic rings. The second-order valence-electron chi connectivity index (χ2n) is 2.50. The van der Waals surface area contributed by atoms with Gasteiger partial charge < -0.3 is 9.29 Å². The Morgan fingerprint density at radius 1 is 1.54 bits per heavy atom. The number of aryl methyl sites for hydroxylation is 1. The molecular formula is C8H9ClO3S. The van der Waals surface area contributed by atoms with Gasteiger partial charge in [-0.05, 0) is 24.6 Å². The van der Waals surface area contributed by atoms with Crippen molar-refractivity contribution in [2.24, 2.45) is 0 Å². The number of ether oxygens (including phenoxy) is 1. The highest BCUT2D eigenvalue weighted by atomic mass is 35.5. The van der Waals surface area contributed by atoms with E-state index in [0.717, 1.165) is 0 Å². The highest BCUT2D eigenvalue weighted by Crippen LogP contribution is 2.28. The van der Waals surface area contributed by atoms with E-state index in [1.54, 1.807) is 13.0 Å². The van der Waals surface area contributed by atoms with E-state index in [4.69, 9.17) is 20.9 Å². The molecule has 1 unspecified atom stereocenters. The summed E-state index contributed by atoms with van der Waals surface area (Å²) in [4.78, 5) is 0.311. The smallest absolute Gasteiger partial charge is 0.186 e. The molecule has 0 aliphatic rings. The van der Waals surface area contributed by atoms with Crippen LogP contribution in [0.15, 0.2) is 17.0 Å². The minimum atomic E-state index is -2.00. The van der Waals surface area contributed by atoms with Crippen LogP contribution in [0.3, 0.4) is 0 Å². The van der Waals surface area contributed by atoms with Gasteiger partial charge in [0.1, 0.15) is 5.75 Å². The van der Waals surface area contributed by atoms with Crippen LogP contribution in [0.1, 0.15) is 5.56 Å². The molecule has 13 heavy (non-hydrogen) atoms. The van der Waals surface area contributed by atoms with Gasteiger partial charge in [0.25, 0.3) is 0 Å². The van der Waals surface area contributed by atoms with Crippen molar-refractivity contribution in [3.63, 3.8) is 0 Å². The molecule has 1 rings (SSSR count). The summed E-state index contributed by atoms with van der Waals surface area (Å²) in [7, 11) is 1.50. The molecule has 0 saturated heterocycles. The maximum absolute atomic E-state index is 10.8. The van der Waals surface area contributed by atoms with Crippen LogP contribution in [0, 0.1) is 6.92 Å². The lowest BCUT2D eigenvalue weighted by atomic mass is 10.2. The number of hydrogen-bond acceptors (Lipinski definition) is 2. The number of rotatable bonds is 2. The Labute approximate surface area is 84.0 Å². The molecule has 1 atom stereocenters. The SMILES string of the molecule is COc1cc(C)c(S(=O)O)cc1Cl. The van der Waals surface area contributed by atoms with Crippen molar-refractivity contribution >= 4 is 22.7 Å². The molecule has 3 nitrogen and oxygen atoms in total. The molecule has 0 heterocycles. The molecule has 1 aromatic carbocycles. The fraction of sp³-hybridized carbons (Fsp3) is 0.250. The normalized spacial score (nSPS) is 12.6. The Balaban J connectivity index is 3.28. The average molecular weight is 221 g/mol. The lowest BCUT2D eigenvalue weighted by Crippen LogP contribution is -1.94. The molecule has 72 valence electrons. The molecule has 0 aliphatic heterocycles. The second-order valence-corrected chi connectivity index (χ2v) is 3.85. The monoisotopic (exact) mass is 220 g/mol. The summed E-state index contributed by atoms with van der Waals surface area (Å²) in [6, 6.07) is 3.07. The van der Waals surface area contributed by atoms with Crippen LogP contribution in [-0.2, 0) is 11.1 Å². The van der Waals surface area contributed by atoms with Gasteiger partial charge in [-0.3, -0.25) is 0 Å². The Hall–Kier alpha value is -0.580. The Morgan fingerprint density at radius 2 is 2.15 bits per heavy atom. The lowest BCUT2D eigenvalue weighted by molar-refractivity contribution is 0.414. The summed E-state index contributed by atoms with van der Waals surface area (Å²) >= 11 is 3.77. The zero-order valence-corrected chi connectivity index (χ0v) is 8.78. The van der Waals surface area contributed by atoms with Gasteiger partial charge in [0.05, 0.1) is 17.0 Å². The van der Waals surface area contributed by atoms with Crippen LogP contribution in [0.25, 0.3) is 0 Å². The fourth-order valence-electron chi connectivity index (χ4n) is 0.981. The molecular weight excluding hydrogens is 212 g/mol. The third-order valence-corrected chi connectivity index (χ3v) is 2.75. The first-order chi connectivity index (χ1) is 6.06. The largest absolute Gasteiger partial charge is 0.495 e. The molecule has 0 fully saturated rings. The topological polar surface area (TPSA) is 46.5 Å². The summed E-state index contributed by atoms with van der Waals surface area (Å²) in [6.45, 7) is 1.72. The predicted molar refractivity (Wildman–Crippen MR) is 51.8 cm³/mol. The van der Waals surface area contributed by atoms with Crippen LogP contribution < -0.4 is 4.74 Å². The standard InChI is InChI=1S/C8H9ClO3S/c1-5-3-7(12-2)6(9)4-8(5)13(10)11/h3-4H,1-2H3,(H,10,11). The van der Waals surface area contributed by atoms with Gasteiger partial charge in [-0.1, -0.05) is 11.6 Å². The van der Waals surface area contributed by atoms with Crippen LogP contribution in [0.4, 0.5) is 0 Å². The van der Waals surface area contributed by atoms with Gasteiger partial charge in [-0.2, -0.15) is 0 Å². The maximum atomic E-state index is 10.8. The summed E-state index contributed by atoms with van der Waals surface area (Å²) < 4.78 is 24.6. The second kappa shape index (κ2) is 4.09. The molecule has 0 amide bonds. The average Bonchev–Trinajstić information content (AvgIpc) is 2.07. The highest BCUT2D eigenvalue weighted by molar-refractivity contribution is 7.79. The van der Waals surface area contributed by atoms with E-state index in [1.165, 1.54) is 13.2 Å². The molecule has 5 heteroatoms. The van der Waals surface area contributed by atoms with Crippen molar-refractivity contribution in [2.45, 2.75) is 11.8 Å². The molecule has 1 N–H and O–H groups in total. The van der Waals surface area contributed by atoms with Gasteiger partial charge in [0.2, 0.25) is 0 Å². The Morgan fingerprint density at radius 3 is 2.62 bits per heavy atom. The van der Waals surface area contributed by atoms with Crippen molar-refractivity contribution in [3.8, 4) is 5.75 Å². The number of methoxy groups -OCH3 is 1. The predicted octanol–water partition coefficient (Wildman–Crippen LogP) is 2.24. The minimum Gasteiger partial charge on any atom is -0.495 e. The van der Waals surface area contributed by atoms with E-state index in [9.17, 15) is 4.21 Å². The Bertz CT molecular complexity index is 351. The molecule has 0 aromatic heterocycles. The first-order valence-electron chi connectivity index (χ1n) is 3.51. The summed E-state index contributed by atoms with van der Waals surface area (Å²) in [6.07, 6.45) is 0. The quantitative estimate of drug-likeness (QED) is 0.778. The van der Waals surface area contributed by atoms with Crippen LogP contribution in [0.5, 0.6) is 5.75 Å². The van der Waals surface area contributed by atoms with E-state index in [1.807, 2.05) is 0 Å². The first-order valence-corrected chi connectivity index (χ1v) is 4.99. The zero-order valence-electron chi connectivity index (χ0n) is 7.20. The fourth-order valence-corrected chi connectivity index (χ4v) is 1.84. The molecule has 0 aliphatic carbocycles. The lowest BCUT2D eigenvalue weighted by Gasteiger charge is -2.06. The Kier molecular flexibility index (Phi) is 3.30. The van der Waals surface area contributed by atoms with Crippen molar-refractivity contribution in [1.82, 2.24) is 0 Å². The number of hydrogen-bond donors (Lipinski definition) is 1. The van der Waals surface area contributed by atoms with E-state index in [2.05, 4.69) is 0 Å². The van der Waals surface area contributed by atoms with E-state index in [0.29, 0.717) is 21.2 Å². The maximum Gasteiger partial charge on any atom is 0.186 e. The van der Waals surface area contributed by atoms with E-state index < -0.39 is 11.1 Å².